The van der Waals surface area contributed by atoms with Gasteiger partial charge in [0.15, 0.2) is 0 Å². The van der Waals surface area contributed by atoms with E-state index in [1.807, 2.05) is 24.4 Å². The van der Waals surface area contributed by atoms with E-state index in [1.54, 1.807) is 28.0 Å². The molecule has 1 aliphatic heterocycles. The summed E-state index contributed by atoms with van der Waals surface area (Å²) in [5.41, 5.74) is -0.627. The van der Waals surface area contributed by atoms with E-state index in [9.17, 15) is 14.7 Å². The van der Waals surface area contributed by atoms with E-state index in [1.165, 1.54) is 0 Å². The van der Waals surface area contributed by atoms with E-state index in [0.29, 0.717) is 38.1 Å². The van der Waals surface area contributed by atoms with Crippen LogP contribution in [0.25, 0.3) is 0 Å². The summed E-state index contributed by atoms with van der Waals surface area (Å²) in [6.07, 6.45) is 1.76. The Bertz CT molecular complexity index is 465. The fraction of sp³-hybridized carbons (Fsp3) is 0.571. The fourth-order valence-electron chi connectivity index (χ4n) is 2.47. The summed E-state index contributed by atoms with van der Waals surface area (Å²) in [5.74, 6) is -0.175. The van der Waals surface area contributed by atoms with E-state index in [4.69, 9.17) is 0 Å². The highest BCUT2D eigenvalue weighted by molar-refractivity contribution is 8.01. The number of carbonyl (C=O) groups excluding carboxylic acids is 1. The third kappa shape index (κ3) is 3.35. The van der Waals surface area contributed by atoms with Crippen LogP contribution in [0.2, 0.25) is 0 Å². The van der Waals surface area contributed by atoms with Gasteiger partial charge in [-0.2, -0.15) is 0 Å². The van der Waals surface area contributed by atoms with Crippen molar-refractivity contribution < 1.29 is 14.7 Å². The molecule has 1 amide bonds. The van der Waals surface area contributed by atoms with Gasteiger partial charge in [-0.1, -0.05) is 13.0 Å². The number of rotatable bonds is 5. The van der Waals surface area contributed by atoms with Crippen molar-refractivity contribution in [3.8, 4) is 0 Å². The zero-order chi connectivity index (χ0) is 14.6. The van der Waals surface area contributed by atoms with E-state index in [2.05, 4.69) is 0 Å². The molecule has 1 saturated heterocycles. The van der Waals surface area contributed by atoms with Crippen LogP contribution in [0.3, 0.4) is 0 Å². The maximum atomic E-state index is 12.1. The summed E-state index contributed by atoms with van der Waals surface area (Å²) >= 11 is 3.19. The molecule has 1 fully saturated rings. The second-order valence-corrected chi connectivity index (χ2v) is 7.26. The number of aliphatic carboxylic acids is 1. The number of carboxylic acid groups (broad SMARTS) is 1. The normalized spacial score (nSPS) is 17.9. The Morgan fingerprint density at radius 2 is 2.15 bits per heavy atom. The minimum Gasteiger partial charge on any atom is -0.481 e. The zero-order valence-electron chi connectivity index (χ0n) is 11.5. The third-order valence-corrected chi connectivity index (χ3v) is 6.15. The highest BCUT2D eigenvalue weighted by atomic mass is 32.2. The monoisotopic (exact) mass is 313 g/mol. The Morgan fingerprint density at radius 1 is 1.45 bits per heavy atom. The second kappa shape index (κ2) is 6.63. The van der Waals surface area contributed by atoms with Crippen LogP contribution in [0, 0.1) is 5.41 Å². The number of hydrogen-bond donors (Lipinski definition) is 1. The lowest BCUT2D eigenvalue weighted by molar-refractivity contribution is -0.154. The van der Waals surface area contributed by atoms with E-state index in [-0.39, 0.29) is 5.91 Å². The van der Waals surface area contributed by atoms with E-state index >= 15 is 0 Å². The number of thioether (sulfide) groups is 1. The van der Waals surface area contributed by atoms with Crippen LogP contribution >= 0.6 is 23.1 Å². The number of thiophene rings is 1. The van der Waals surface area contributed by atoms with Crippen molar-refractivity contribution in [3.05, 3.63) is 17.5 Å². The lowest BCUT2D eigenvalue weighted by atomic mass is 9.76. The first-order chi connectivity index (χ1) is 9.57. The standard InChI is InChI=1S/C14H19NO3S2/c1-2-14(13(17)18)5-7-15(8-6-14)11(16)10-20-12-4-3-9-19-12/h3-4,9H,2,5-8,10H2,1H3,(H,17,18). The molecule has 1 aromatic heterocycles. The predicted octanol–water partition coefficient (Wildman–Crippen LogP) is 2.94. The van der Waals surface area contributed by atoms with Crippen molar-refractivity contribution in [2.45, 2.75) is 30.4 Å². The summed E-state index contributed by atoms with van der Waals surface area (Å²) in [4.78, 5) is 25.3. The number of amides is 1. The highest BCUT2D eigenvalue weighted by Gasteiger charge is 2.40. The minimum atomic E-state index is -0.722. The van der Waals surface area contributed by atoms with Crippen molar-refractivity contribution in [1.82, 2.24) is 4.90 Å². The molecule has 1 aliphatic rings. The summed E-state index contributed by atoms with van der Waals surface area (Å²) < 4.78 is 1.14. The van der Waals surface area contributed by atoms with E-state index < -0.39 is 11.4 Å². The summed E-state index contributed by atoms with van der Waals surface area (Å²) in [6, 6.07) is 3.98. The average Bonchev–Trinajstić information content (AvgIpc) is 2.98. The van der Waals surface area contributed by atoms with Crippen molar-refractivity contribution in [3.63, 3.8) is 0 Å². The first kappa shape index (κ1) is 15.4. The molecule has 1 aromatic rings. The molecule has 110 valence electrons. The number of likely N-dealkylation sites (tertiary alicyclic amines) is 1. The topological polar surface area (TPSA) is 57.6 Å². The van der Waals surface area contributed by atoms with Crippen molar-refractivity contribution >= 4 is 35.0 Å². The Morgan fingerprint density at radius 3 is 2.65 bits per heavy atom. The van der Waals surface area contributed by atoms with Gasteiger partial charge in [0.1, 0.15) is 0 Å². The van der Waals surface area contributed by atoms with Gasteiger partial charge in [0.05, 0.1) is 15.4 Å². The zero-order valence-corrected chi connectivity index (χ0v) is 13.1. The molecular weight excluding hydrogens is 294 g/mol. The molecule has 0 saturated carbocycles. The number of piperidine rings is 1. The lowest BCUT2D eigenvalue weighted by Crippen LogP contribution is -2.46. The SMILES string of the molecule is CCC1(C(=O)O)CCN(C(=O)CSc2cccs2)CC1. The molecule has 4 nitrogen and oxygen atoms in total. The summed E-state index contributed by atoms with van der Waals surface area (Å²) in [6.45, 7) is 3.03. The number of carbonyl (C=O) groups is 2. The van der Waals surface area contributed by atoms with Crippen LogP contribution in [0.15, 0.2) is 21.7 Å². The highest BCUT2D eigenvalue weighted by Crippen LogP contribution is 2.35. The van der Waals surface area contributed by atoms with Crippen LogP contribution < -0.4 is 0 Å². The molecule has 0 aliphatic carbocycles. The quantitative estimate of drug-likeness (QED) is 0.849. The molecule has 2 heterocycles. The van der Waals surface area contributed by atoms with Gasteiger partial charge in [-0.3, -0.25) is 9.59 Å². The van der Waals surface area contributed by atoms with Gasteiger partial charge < -0.3 is 10.0 Å². The molecule has 2 rings (SSSR count). The average molecular weight is 313 g/mol. The Labute approximate surface area is 127 Å². The van der Waals surface area contributed by atoms with Crippen molar-refractivity contribution in [2.24, 2.45) is 5.41 Å². The molecule has 0 aromatic carbocycles. The largest absolute Gasteiger partial charge is 0.481 e. The maximum Gasteiger partial charge on any atom is 0.309 e. The summed E-state index contributed by atoms with van der Waals surface area (Å²) in [7, 11) is 0. The minimum absolute atomic E-state index is 0.110. The molecule has 1 N–H and O–H groups in total. The fourth-order valence-corrected chi connectivity index (χ4v) is 4.16. The van der Waals surface area contributed by atoms with Crippen LogP contribution in [-0.4, -0.2) is 40.7 Å². The van der Waals surface area contributed by atoms with Gasteiger partial charge in [-0.05, 0) is 30.7 Å². The van der Waals surface area contributed by atoms with Gasteiger partial charge in [0, 0.05) is 13.1 Å². The summed E-state index contributed by atoms with van der Waals surface area (Å²) in [5, 5.41) is 11.3. The van der Waals surface area contributed by atoms with Gasteiger partial charge in [-0.15, -0.1) is 23.1 Å². The Kier molecular flexibility index (Phi) is 5.10. The predicted molar refractivity (Wildman–Crippen MR) is 81.2 cm³/mol. The molecule has 0 radical (unpaired) electrons. The van der Waals surface area contributed by atoms with Crippen LogP contribution in [0.4, 0.5) is 0 Å². The van der Waals surface area contributed by atoms with Gasteiger partial charge in [-0.25, -0.2) is 0 Å². The maximum absolute atomic E-state index is 12.1. The molecule has 0 atom stereocenters. The van der Waals surface area contributed by atoms with Crippen LogP contribution in [-0.2, 0) is 9.59 Å². The number of nitrogens with zero attached hydrogens (tertiary/aromatic N) is 1. The van der Waals surface area contributed by atoms with E-state index in [0.717, 1.165) is 4.21 Å². The van der Waals surface area contributed by atoms with Crippen molar-refractivity contribution in [1.29, 1.82) is 0 Å². The Hall–Kier alpha value is -1.01. The first-order valence-corrected chi connectivity index (χ1v) is 8.61. The van der Waals surface area contributed by atoms with Crippen molar-refractivity contribution in [2.75, 3.05) is 18.8 Å². The second-order valence-electron chi connectivity index (χ2n) is 5.04. The van der Waals surface area contributed by atoms with Crippen LogP contribution in [0.1, 0.15) is 26.2 Å². The van der Waals surface area contributed by atoms with Gasteiger partial charge in [0.25, 0.3) is 0 Å². The molecule has 0 unspecified atom stereocenters. The molecule has 6 heteroatoms. The van der Waals surface area contributed by atoms with Gasteiger partial charge >= 0.3 is 5.97 Å². The molecular formula is C14H19NO3S2. The lowest BCUT2D eigenvalue weighted by Gasteiger charge is -2.38. The molecule has 0 bridgehead atoms. The first-order valence-electron chi connectivity index (χ1n) is 6.75. The van der Waals surface area contributed by atoms with Gasteiger partial charge in [0.2, 0.25) is 5.91 Å². The molecule has 0 spiro atoms. The van der Waals surface area contributed by atoms with Crippen LogP contribution in [0.5, 0.6) is 0 Å². The Balaban J connectivity index is 1.84. The number of carboxylic acids is 1. The smallest absolute Gasteiger partial charge is 0.309 e. The number of hydrogen-bond acceptors (Lipinski definition) is 4. The molecule has 20 heavy (non-hydrogen) atoms. The third-order valence-electron chi connectivity index (χ3n) is 4.04.